The molecule has 0 fully saturated rings. The zero-order valence-corrected chi connectivity index (χ0v) is 13.9. The molecule has 1 aliphatic rings. The van der Waals surface area contributed by atoms with Crippen molar-refractivity contribution in [1.29, 1.82) is 0 Å². The third-order valence-corrected chi connectivity index (χ3v) is 4.71. The highest BCUT2D eigenvalue weighted by atomic mass is 32.2. The molecule has 0 saturated carbocycles. The van der Waals surface area contributed by atoms with E-state index in [1.807, 2.05) is 24.5 Å². The van der Waals surface area contributed by atoms with Crippen LogP contribution in [0, 0.1) is 6.92 Å². The lowest BCUT2D eigenvalue weighted by molar-refractivity contribution is 0.435. The van der Waals surface area contributed by atoms with Crippen LogP contribution in [0.4, 0.5) is 0 Å². The van der Waals surface area contributed by atoms with Crippen LogP contribution in [-0.2, 0) is 6.42 Å². The molecule has 0 amide bonds. The van der Waals surface area contributed by atoms with Crippen LogP contribution in [0.5, 0.6) is 11.6 Å². The van der Waals surface area contributed by atoms with Gasteiger partial charge in [0.25, 0.3) is 0 Å². The van der Waals surface area contributed by atoms with Crippen LogP contribution < -0.4 is 4.74 Å². The Balaban J connectivity index is 1.83. The largest absolute Gasteiger partial charge is 0.438 e. The average Bonchev–Trinajstić information content (AvgIpc) is 2.59. The van der Waals surface area contributed by atoms with Crippen molar-refractivity contribution >= 4 is 11.8 Å². The first-order valence-corrected chi connectivity index (χ1v) is 8.75. The average molecular weight is 320 g/mol. The molecule has 3 aromatic rings. The molecule has 23 heavy (non-hydrogen) atoms. The van der Waals surface area contributed by atoms with Crippen LogP contribution in [0.3, 0.4) is 0 Å². The third-order valence-electron chi connectivity index (χ3n) is 3.98. The number of aryl methyl sites for hydroxylation is 1. The van der Waals surface area contributed by atoms with E-state index in [2.05, 4.69) is 42.2 Å². The maximum Gasteiger partial charge on any atom is 0.227 e. The molecule has 114 valence electrons. The van der Waals surface area contributed by atoms with E-state index in [9.17, 15) is 0 Å². The number of thioether (sulfide) groups is 1. The zero-order chi connectivity index (χ0) is 15.8. The summed E-state index contributed by atoms with van der Waals surface area (Å²) in [6, 6.07) is 16.4. The second-order valence-corrected chi connectivity index (χ2v) is 6.39. The van der Waals surface area contributed by atoms with Crippen molar-refractivity contribution < 1.29 is 4.74 Å². The van der Waals surface area contributed by atoms with Crippen molar-refractivity contribution in [3.8, 4) is 23.0 Å². The summed E-state index contributed by atoms with van der Waals surface area (Å²) in [6.07, 6.45) is 2.86. The molecule has 2 aromatic carbocycles. The molecule has 2 heterocycles. The molecule has 0 saturated heterocycles. The first-order chi connectivity index (χ1) is 11.2. The van der Waals surface area contributed by atoms with Gasteiger partial charge in [0.2, 0.25) is 5.88 Å². The van der Waals surface area contributed by atoms with Crippen molar-refractivity contribution in [3.05, 3.63) is 65.2 Å². The normalized spacial score (nSPS) is 12.3. The maximum absolute atomic E-state index is 6.04. The van der Waals surface area contributed by atoms with Crippen molar-refractivity contribution in [3.63, 3.8) is 0 Å². The topological polar surface area (TPSA) is 35.0 Å². The Morgan fingerprint density at radius 1 is 1.00 bits per heavy atom. The first-order valence-electron chi connectivity index (χ1n) is 7.52. The summed E-state index contributed by atoms with van der Waals surface area (Å²) in [7, 11) is 0. The second-order valence-electron chi connectivity index (χ2n) is 5.59. The van der Waals surface area contributed by atoms with Crippen LogP contribution >= 0.6 is 11.8 Å². The van der Waals surface area contributed by atoms with Crippen LogP contribution in [0.25, 0.3) is 11.4 Å². The van der Waals surface area contributed by atoms with Gasteiger partial charge in [-0.1, -0.05) is 48.0 Å². The monoisotopic (exact) mass is 320 g/mol. The minimum atomic E-state index is 0.679. The van der Waals surface area contributed by atoms with Crippen molar-refractivity contribution in [2.75, 3.05) is 6.26 Å². The van der Waals surface area contributed by atoms with E-state index >= 15 is 0 Å². The Kier molecular flexibility index (Phi) is 3.54. The first kappa shape index (κ1) is 14.3. The Morgan fingerprint density at radius 3 is 2.57 bits per heavy atom. The molecule has 0 N–H and O–H groups in total. The molecular weight excluding hydrogens is 304 g/mol. The number of aromatic nitrogens is 2. The summed E-state index contributed by atoms with van der Waals surface area (Å²) in [5.41, 5.74) is 4.49. The number of rotatable bonds is 2. The molecule has 0 radical (unpaired) electrons. The van der Waals surface area contributed by atoms with Gasteiger partial charge in [0.1, 0.15) is 10.8 Å². The van der Waals surface area contributed by atoms with Crippen molar-refractivity contribution in [1.82, 2.24) is 9.97 Å². The van der Waals surface area contributed by atoms with Crippen molar-refractivity contribution in [2.24, 2.45) is 0 Å². The summed E-state index contributed by atoms with van der Waals surface area (Å²) in [4.78, 5) is 9.42. The van der Waals surface area contributed by atoms with Crippen LogP contribution in [-0.4, -0.2) is 16.2 Å². The summed E-state index contributed by atoms with van der Waals surface area (Å²) in [5.74, 6) is 2.28. The minimum Gasteiger partial charge on any atom is -0.438 e. The van der Waals surface area contributed by atoms with Gasteiger partial charge in [-0.2, -0.15) is 4.98 Å². The Bertz CT molecular complexity index is 875. The molecule has 0 unspecified atom stereocenters. The lowest BCUT2D eigenvalue weighted by Crippen LogP contribution is -2.08. The minimum absolute atomic E-state index is 0.679. The number of ether oxygens (including phenoxy) is 1. The molecule has 3 nitrogen and oxygen atoms in total. The van der Waals surface area contributed by atoms with Gasteiger partial charge >= 0.3 is 0 Å². The fourth-order valence-corrected chi connectivity index (χ4v) is 3.31. The number of nitrogens with zero attached hydrogens (tertiary/aromatic N) is 2. The van der Waals surface area contributed by atoms with Gasteiger partial charge in [-0.05, 0) is 24.8 Å². The van der Waals surface area contributed by atoms with Gasteiger partial charge in [-0.25, -0.2) is 4.98 Å². The molecular formula is C19H16N2OS. The van der Waals surface area contributed by atoms with Gasteiger partial charge in [-0.3, -0.25) is 0 Å². The number of hydrogen-bond donors (Lipinski definition) is 0. The van der Waals surface area contributed by atoms with E-state index in [0.717, 1.165) is 28.3 Å². The molecule has 1 aliphatic heterocycles. The highest BCUT2D eigenvalue weighted by Crippen LogP contribution is 2.39. The number of para-hydroxylation sites is 1. The standard InChI is InChI=1S/C19H16N2OS/c1-12-7-9-13(10-8-12)17-20-18-15(19(21-17)23-2)11-14-5-3-4-6-16(14)22-18/h3-10H,11H2,1-2H3. The second kappa shape index (κ2) is 5.70. The van der Waals surface area contributed by atoms with E-state index in [1.165, 1.54) is 11.1 Å². The Labute approximate surface area is 139 Å². The fraction of sp³-hybridized carbons (Fsp3) is 0.158. The summed E-state index contributed by atoms with van der Waals surface area (Å²) < 4.78 is 6.04. The summed E-state index contributed by atoms with van der Waals surface area (Å²) in [6.45, 7) is 2.07. The molecule has 1 aromatic heterocycles. The highest BCUT2D eigenvalue weighted by Gasteiger charge is 2.23. The van der Waals surface area contributed by atoms with Gasteiger partial charge in [0.15, 0.2) is 5.82 Å². The Hall–Kier alpha value is -2.33. The van der Waals surface area contributed by atoms with E-state index in [0.29, 0.717) is 11.7 Å². The van der Waals surface area contributed by atoms with E-state index in [4.69, 9.17) is 9.72 Å². The van der Waals surface area contributed by atoms with Crippen LogP contribution in [0.15, 0.2) is 53.6 Å². The molecule has 0 aliphatic carbocycles. The Morgan fingerprint density at radius 2 is 1.78 bits per heavy atom. The lowest BCUT2D eigenvalue weighted by Gasteiger charge is -2.21. The van der Waals surface area contributed by atoms with E-state index in [-0.39, 0.29) is 0 Å². The van der Waals surface area contributed by atoms with Crippen molar-refractivity contribution in [2.45, 2.75) is 18.4 Å². The van der Waals surface area contributed by atoms with E-state index < -0.39 is 0 Å². The quantitative estimate of drug-likeness (QED) is 0.390. The fourth-order valence-electron chi connectivity index (χ4n) is 2.72. The predicted molar refractivity (Wildman–Crippen MR) is 93.3 cm³/mol. The lowest BCUT2D eigenvalue weighted by atomic mass is 10.0. The zero-order valence-electron chi connectivity index (χ0n) is 13.0. The SMILES string of the molecule is CSc1nc(-c2ccc(C)cc2)nc2c1Cc1ccccc1O2. The van der Waals surface area contributed by atoms with Gasteiger partial charge in [-0.15, -0.1) is 11.8 Å². The molecule has 0 spiro atoms. The third kappa shape index (κ3) is 2.59. The number of fused-ring (bicyclic) bond motifs is 2. The molecule has 0 atom stereocenters. The predicted octanol–water partition coefficient (Wildman–Crippen LogP) is 4.87. The van der Waals surface area contributed by atoms with Gasteiger partial charge in [0, 0.05) is 12.0 Å². The van der Waals surface area contributed by atoms with Gasteiger partial charge in [0.05, 0.1) is 5.56 Å². The molecule has 4 heteroatoms. The maximum atomic E-state index is 6.04. The summed E-state index contributed by atoms with van der Waals surface area (Å²) >= 11 is 1.64. The molecule has 4 rings (SSSR count). The smallest absolute Gasteiger partial charge is 0.227 e. The number of benzene rings is 2. The van der Waals surface area contributed by atoms with Crippen LogP contribution in [0.2, 0.25) is 0 Å². The van der Waals surface area contributed by atoms with E-state index in [1.54, 1.807) is 11.8 Å². The number of hydrogen-bond acceptors (Lipinski definition) is 4. The highest BCUT2D eigenvalue weighted by molar-refractivity contribution is 7.98. The summed E-state index contributed by atoms with van der Waals surface area (Å²) in [5, 5.41) is 0.986. The van der Waals surface area contributed by atoms with Gasteiger partial charge < -0.3 is 4.74 Å². The molecule has 0 bridgehead atoms. The van der Waals surface area contributed by atoms with Crippen LogP contribution in [0.1, 0.15) is 16.7 Å².